The number of benzene rings is 1. The molecule has 0 bridgehead atoms. The maximum Gasteiger partial charge on any atom is 0.416 e. The topological polar surface area (TPSA) is 71.8 Å². The highest BCUT2D eigenvalue weighted by molar-refractivity contribution is 7.99. The summed E-state index contributed by atoms with van der Waals surface area (Å²) in [4.78, 5) is 11.2. The monoisotopic (exact) mass is 359 g/mol. The van der Waals surface area contributed by atoms with Crippen LogP contribution in [0, 0.1) is 0 Å². The summed E-state index contributed by atoms with van der Waals surface area (Å²) in [5, 5.41) is 13.9. The molecule has 2 N–H and O–H groups in total. The van der Waals surface area contributed by atoms with E-state index < -0.39 is 11.7 Å². The van der Waals surface area contributed by atoms with Gasteiger partial charge in [0.25, 0.3) is 0 Å². The molecule has 1 aromatic heterocycles. The number of halogens is 3. The number of anilines is 1. The van der Waals surface area contributed by atoms with Gasteiger partial charge in [-0.1, -0.05) is 17.8 Å². The summed E-state index contributed by atoms with van der Waals surface area (Å²) < 4.78 is 39.8. The van der Waals surface area contributed by atoms with Crippen LogP contribution in [0.5, 0.6) is 0 Å². The van der Waals surface area contributed by atoms with Crippen molar-refractivity contribution < 1.29 is 18.0 Å². The van der Waals surface area contributed by atoms with Crippen LogP contribution in [-0.2, 0) is 24.6 Å². The fraction of sp³-hybridized carbons (Fsp3) is 0.357. The fourth-order valence-corrected chi connectivity index (χ4v) is 2.62. The lowest BCUT2D eigenvalue weighted by atomic mass is 10.2. The van der Waals surface area contributed by atoms with Gasteiger partial charge in [0.05, 0.1) is 17.9 Å². The smallest absolute Gasteiger partial charge is 0.378 e. The molecule has 0 unspecified atom stereocenters. The molecule has 6 nitrogen and oxygen atoms in total. The van der Waals surface area contributed by atoms with Crippen molar-refractivity contribution >= 4 is 23.4 Å². The van der Waals surface area contributed by atoms with Crippen LogP contribution < -0.4 is 10.6 Å². The van der Waals surface area contributed by atoms with Gasteiger partial charge >= 0.3 is 6.18 Å². The summed E-state index contributed by atoms with van der Waals surface area (Å²) in [6.45, 7) is 0.214. The van der Waals surface area contributed by atoms with E-state index in [1.807, 2.05) is 0 Å². The summed E-state index contributed by atoms with van der Waals surface area (Å²) in [6, 6.07) is 4.94. The van der Waals surface area contributed by atoms with Crippen molar-refractivity contribution in [3.05, 3.63) is 35.7 Å². The largest absolute Gasteiger partial charge is 0.416 e. The number of alkyl halides is 3. The molecule has 24 heavy (non-hydrogen) atoms. The molecule has 10 heteroatoms. The third-order valence-electron chi connectivity index (χ3n) is 3.18. The molecule has 0 radical (unpaired) electrons. The Bertz CT molecular complexity index is 717. The number of rotatable bonds is 6. The van der Waals surface area contributed by atoms with Crippen molar-refractivity contribution in [1.82, 2.24) is 20.1 Å². The molecule has 0 aliphatic carbocycles. The van der Waals surface area contributed by atoms with Crippen LogP contribution in [0.25, 0.3) is 0 Å². The Hall–Kier alpha value is -2.23. The van der Waals surface area contributed by atoms with Crippen LogP contribution in [0.2, 0.25) is 0 Å². The predicted molar refractivity (Wildman–Crippen MR) is 84.6 cm³/mol. The summed E-state index contributed by atoms with van der Waals surface area (Å²) in [6.07, 6.45) is -4.38. The van der Waals surface area contributed by atoms with Crippen LogP contribution in [0.15, 0.2) is 29.4 Å². The molecule has 2 rings (SSSR count). The highest BCUT2D eigenvalue weighted by Gasteiger charge is 2.30. The molecule has 1 amide bonds. The number of carbonyl (C=O) groups is 1. The number of hydrogen-bond donors (Lipinski definition) is 2. The maximum absolute atomic E-state index is 12.7. The Morgan fingerprint density at radius 2 is 2.08 bits per heavy atom. The Kier molecular flexibility index (Phi) is 5.71. The number of aromatic nitrogens is 3. The molecule has 1 heterocycles. The van der Waals surface area contributed by atoms with Gasteiger partial charge in [-0.2, -0.15) is 13.2 Å². The number of thioether (sulfide) groups is 1. The Morgan fingerprint density at radius 1 is 1.33 bits per heavy atom. The molecule has 2 aromatic rings. The standard InChI is InChI=1S/C14H16F3N5OS/c1-18-12(23)8-24-13-21-20-11(22(13)2)7-19-10-5-3-4-9(6-10)14(15,16)17/h3-6,19H,7-8H2,1-2H3,(H,18,23). The third-order valence-corrected chi connectivity index (χ3v) is 4.20. The molecule has 0 fully saturated rings. The minimum absolute atomic E-state index is 0.133. The summed E-state index contributed by atoms with van der Waals surface area (Å²) >= 11 is 1.23. The normalized spacial score (nSPS) is 11.4. The van der Waals surface area contributed by atoms with Crippen LogP contribution in [0.3, 0.4) is 0 Å². The van der Waals surface area contributed by atoms with Crippen LogP contribution in [0.4, 0.5) is 18.9 Å². The summed E-state index contributed by atoms with van der Waals surface area (Å²) in [5.74, 6) is 0.627. The van der Waals surface area contributed by atoms with Gasteiger partial charge < -0.3 is 15.2 Å². The third kappa shape index (κ3) is 4.63. The van der Waals surface area contributed by atoms with E-state index in [9.17, 15) is 18.0 Å². The van der Waals surface area contributed by atoms with Crippen LogP contribution in [-0.4, -0.2) is 33.5 Å². The molecular formula is C14H16F3N5OS. The van der Waals surface area contributed by atoms with Gasteiger partial charge in [0, 0.05) is 19.8 Å². The van der Waals surface area contributed by atoms with E-state index in [0.717, 1.165) is 12.1 Å². The summed E-state index contributed by atoms with van der Waals surface area (Å²) in [7, 11) is 3.28. The molecule has 0 aliphatic rings. The first-order valence-electron chi connectivity index (χ1n) is 6.94. The fourth-order valence-electron chi connectivity index (χ4n) is 1.81. The number of nitrogens with zero attached hydrogens (tertiary/aromatic N) is 3. The van der Waals surface area contributed by atoms with Crippen molar-refractivity contribution in [3.63, 3.8) is 0 Å². The molecule has 1 aromatic carbocycles. The van der Waals surface area contributed by atoms with Gasteiger partial charge in [-0.3, -0.25) is 4.79 Å². The zero-order chi connectivity index (χ0) is 17.7. The minimum atomic E-state index is -4.38. The minimum Gasteiger partial charge on any atom is -0.378 e. The number of nitrogens with one attached hydrogen (secondary N) is 2. The highest BCUT2D eigenvalue weighted by Crippen LogP contribution is 2.30. The Balaban J connectivity index is 2.00. The number of amides is 1. The van der Waals surface area contributed by atoms with Crippen molar-refractivity contribution in [1.29, 1.82) is 0 Å². The predicted octanol–water partition coefficient (Wildman–Crippen LogP) is 2.28. The van der Waals surface area contributed by atoms with Gasteiger partial charge in [-0.15, -0.1) is 10.2 Å². The zero-order valence-corrected chi connectivity index (χ0v) is 13.8. The highest BCUT2D eigenvalue weighted by atomic mass is 32.2. The first kappa shape index (κ1) is 18.1. The molecule has 0 saturated heterocycles. The quantitative estimate of drug-likeness (QED) is 0.775. The van der Waals surface area contributed by atoms with E-state index in [-0.39, 0.29) is 18.2 Å². The Labute approximate surface area is 140 Å². The molecule has 0 spiro atoms. The maximum atomic E-state index is 12.7. The van der Waals surface area contributed by atoms with E-state index in [4.69, 9.17) is 0 Å². The molecule has 0 atom stereocenters. The molecule has 0 saturated carbocycles. The first-order valence-corrected chi connectivity index (χ1v) is 7.92. The second kappa shape index (κ2) is 7.56. The van der Waals surface area contributed by atoms with Gasteiger partial charge in [0.15, 0.2) is 11.0 Å². The average molecular weight is 359 g/mol. The first-order chi connectivity index (χ1) is 11.3. The lowest BCUT2D eigenvalue weighted by molar-refractivity contribution is -0.137. The van der Waals surface area contributed by atoms with Gasteiger partial charge in [0.1, 0.15) is 0 Å². The van der Waals surface area contributed by atoms with Gasteiger partial charge in [-0.05, 0) is 18.2 Å². The molecule has 130 valence electrons. The van der Waals surface area contributed by atoms with Gasteiger partial charge in [0.2, 0.25) is 5.91 Å². The average Bonchev–Trinajstić information content (AvgIpc) is 2.90. The number of carbonyl (C=O) groups excluding carboxylic acids is 1. The van der Waals surface area contributed by atoms with Crippen LogP contribution >= 0.6 is 11.8 Å². The van der Waals surface area contributed by atoms with Crippen molar-refractivity contribution in [2.24, 2.45) is 7.05 Å². The lowest BCUT2D eigenvalue weighted by Gasteiger charge is -2.10. The van der Waals surface area contributed by atoms with E-state index in [2.05, 4.69) is 20.8 Å². The summed E-state index contributed by atoms with van der Waals surface area (Å²) in [5.41, 5.74) is -0.375. The molecular weight excluding hydrogens is 343 g/mol. The zero-order valence-electron chi connectivity index (χ0n) is 13.0. The molecule has 0 aliphatic heterocycles. The SMILES string of the molecule is CNC(=O)CSc1nnc(CNc2cccc(C(F)(F)F)c2)n1C. The van der Waals surface area contributed by atoms with E-state index >= 15 is 0 Å². The van der Waals surface area contributed by atoms with E-state index in [0.29, 0.717) is 16.7 Å². The second-order valence-electron chi connectivity index (χ2n) is 4.85. The van der Waals surface area contributed by atoms with Crippen molar-refractivity contribution in [3.8, 4) is 0 Å². The van der Waals surface area contributed by atoms with Crippen molar-refractivity contribution in [2.45, 2.75) is 17.9 Å². The lowest BCUT2D eigenvalue weighted by Crippen LogP contribution is -2.20. The van der Waals surface area contributed by atoms with Crippen LogP contribution in [0.1, 0.15) is 11.4 Å². The van der Waals surface area contributed by atoms with Crippen molar-refractivity contribution in [2.75, 3.05) is 18.1 Å². The van der Waals surface area contributed by atoms with E-state index in [1.54, 1.807) is 24.7 Å². The van der Waals surface area contributed by atoms with E-state index in [1.165, 1.54) is 17.8 Å². The number of hydrogen-bond acceptors (Lipinski definition) is 5. The second-order valence-corrected chi connectivity index (χ2v) is 5.79. The Morgan fingerprint density at radius 3 is 2.75 bits per heavy atom. The van der Waals surface area contributed by atoms with Gasteiger partial charge in [-0.25, -0.2) is 0 Å².